The van der Waals surface area contributed by atoms with Gasteiger partial charge in [0.15, 0.2) is 0 Å². The summed E-state index contributed by atoms with van der Waals surface area (Å²) in [6.07, 6.45) is -8.40. The van der Waals surface area contributed by atoms with E-state index in [9.17, 15) is 25.2 Å². The van der Waals surface area contributed by atoms with Crippen LogP contribution in [0.3, 0.4) is 0 Å². The van der Waals surface area contributed by atoms with Crippen molar-refractivity contribution in [2.24, 2.45) is 0 Å². The largest absolute Gasteiger partial charge is 1.00 e. The topological polar surface area (TPSA) is 119 Å². The van der Waals surface area contributed by atoms with Gasteiger partial charge in [-0.25, -0.2) is 0 Å². The third-order valence-electron chi connectivity index (χ3n) is 3.79. The van der Waals surface area contributed by atoms with E-state index in [1.807, 2.05) is 18.2 Å². The summed E-state index contributed by atoms with van der Waals surface area (Å²) in [7, 11) is 0. The third-order valence-corrected chi connectivity index (χ3v) is 3.79. The van der Waals surface area contributed by atoms with Gasteiger partial charge in [0, 0.05) is 5.39 Å². The molecule has 122 valence electrons. The summed E-state index contributed by atoms with van der Waals surface area (Å²) < 4.78 is 10.6. The number of carbonyl (C=O) groups excluding carboxylic acids is 1. The molecule has 1 saturated heterocycles. The maximum absolute atomic E-state index is 11.0. The zero-order valence-electron chi connectivity index (χ0n) is 12.9. The molecule has 0 radical (unpaired) electrons. The molecule has 8 heteroatoms. The number of aliphatic carboxylic acids is 1. The first-order valence-electron chi connectivity index (χ1n) is 7.04. The first kappa shape index (κ1) is 19.1. The Morgan fingerprint density at radius 3 is 2.38 bits per heavy atom. The molecule has 2 aromatic carbocycles. The van der Waals surface area contributed by atoms with E-state index < -0.39 is 36.7 Å². The van der Waals surface area contributed by atoms with Crippen LogP contribution < -0.4 is 39.4 Å². The predicted octanol–water partition coefficient (Wildman–Crippen LogP) is -4.22. The Bertz CT molecular complexity index is 717. The van der Waals surface area contributed by atoms with Gasteiger partial charge in [0.25, 0.3) is 0 Å². The normalized spacial score (nSPS) is 29.7. The molecular formula is C16H15NaO7. The van der Waals surface area contributed by atoms with Gasteiger partial charge in [-0.2, -0.15) is 0 Å². The first-order chi connectivity index (χ1) is 11.0. The average molecular weight is 342 g/mol. The molecule has 0 spiro atoms. The van der Waals surface area contributed by atoms with Gasteiger partial charge in [-0.05, 0) is 11.5 Å². The summed E-state index contributed by atoms with van der Waals surface area (Å²) in [5, 5.41) is 42.0. The van der Waals surface area contributed by atoms with Gasteiger partial charge in [0.05, 0.1) is 5.97 Å². The molecule has 0 bridgehead atoms. The molecule has 7 nitrogen and oxygen atoms in total. The molecule has 3 rings (SSSR count). The summed E-state index contributed by atoms with van der Waals surface area (Å²) in [6.45, 7) is 0. The van der Waals surface area contributed by atoms with E-state index in [-0.39, 0.29) is 29.6 Å². The van der Waals surface area contributed by atoms with Crippen LogP contribution in [0.2, 0.25) is 0 Å². The Morgan fingerprint density at radius 2 is 1.67 bits per heavy atom. The van der Waals surface area contributed by atoms with E-state index in [4.69, 9.17) is 9.47 Å². The van der Waals surface area contributed by atoms with E-state index in [0.717, 1.165) is 10.8 Å². The number of benzene rings is 2. The maximum Gasteiger partial charge on any atom is 1.00 e. The van der Waals surface area contributed by atoms with Gasteiger partial charge in [0.2, 0.25) is 6.29 Å². The van der Waals surface area contributed by atoms with Crippen molar-refractivity contribution in [2.45, 2.75) is 30.7 Å². The van der Waals surface area contributed by atoms with Crippen molar-refractivity contribution in [2.75, 3.05) is 0 Å². The minimum atomic E-state index is -1.80. The van der Waals surface area contributed by atoms with Crippen molar-refractivity contribution in [3.8, 4) is 5.75 Å². The number of carboxylic acids is 1. The predicted molar refractivity (Wildman–Crippen MR) is 76.3 cm³/mol. The molecule has 1 fully saturated rings. The van der Waals surface area contributed by atoms with E-state index in [1.165, 1.54) is 0 Å². The van der Waals surface area contributed by atoms with Gasteiger partial charge in [0.1, 0.15) is 30.2 Å². The fraction of sp³-hybridized carbons (Fsp3) is 0.312. The maximum atomic E-state index is 11.0. The zero-order valence-corrected chi connectivity index (χ0v) is 14.9. The summed E-state index contributed by atoms with van der Waals surface area (Å²) in [6, 6.07) is 12.5. The second-order valence-corrected chi connectivity index (χ2v) is 5.31. The fourth-order valence-corrected chi connectivity index (χ4v) is 2.56. The van der Waals surface area contributed by atoms with E-state index in [0.29, 0.717) is 5.75 Å². The summed E-state index contributed by atoms with van der Waals surface area (Å²) in [5.74, 6) is -1.34. The molecule has 0 aromatic heterocycles. The molecular weight excluding hydrogens is 327 g/mol. The molecule has 0 saturated carbocycles. The number of hydrogen-bond acceptors (Lipinski definition) is 7. The smallest absolute Gasteiger partial charge is 0.547 e. The van der Waals surface area contributed by atoms with Crippen molar-refractivity contribution in [1.29, 1.82) is 0 Å². The number of aliphatic hydroxyl groups excluding tert-OH is 3. The SMILES string of the molecule is O=C([O-])C1OC(Oc2cccc3ccccc23)C(O)C(O)C1O.[Na+]. The van der Waals surface area contributed by atoms with Crippen LogP contribution in [0.5, 0.6) is 5.75 Å². The second-order valence-electron chi connectivity index (χ2n) is 5.31. The average Bonchev–Trinajstić information content (AvgIpc) is 2.55. The van der Waals surface area contributed by atoms with Crippen molar-refractivity contribution in [1.82, 2.24) is 0 Å². The number of fused-ring (bicyclic) bond motifs is 1. The minimum Gasteiger partial charge on any atom is -0.547 e. The number of rotatable bonds is 3. The van der Waals surface area contributed by atoms with Crippen LogP contribution in [-0.2, 0) is 9.53 Å². The molecule has 5 unspecified atom stereocenters. The number of hydrogen-bond donors (Lipinski definition) is 3. The Balaban J connectivity index is 0.00000208. The van der Waals surface area contributed by atoms with E-state index in [2.05, 4.69) is 0 Å². The monoisotopic (exact) mass is 342 g/mol. The molecule has 1 heterocycles. The standard InChI is InChI=1S/C16H16O7.Na/c17-11-12(18)14(15(20)21)23-16(13(11)19)22-10-7-3-5-8-4-1-2-6-9(8)10;/h1-7,11-14,16-19H,(H,20,21);/q;+1/p-1. The second kappa shape index (κ2) is 7.79. The van der Waals surface area contributed by atoms with Gasteiger partial charge in [-0.3, -0.25) is 0 Å². The molecule has 24 heavy (non-hydrogen) atoms. The minimum absolute atomic E-state index is 0. The van der Waals surface area contributed by atoms with Gasteiger partial charge >= 0.3 is 29.6 Å². The van der Waals surface area contributed by atoms with Gasteiger partial charge < -0.3 is 34.7 Å². The van der Waals surface area contributed by atoms with Crippen molar-refractivity contribution in [3.63, 3.8) is 0 Å². The van der Waals surface area contributed by atoms with Crippen LogP contribution in [0.1, 0.15) is 0 Å². The molecule has 1 aliphatic heterocycles. The number of ether oxygens (including phenoxy) is 2. The number of carbonyl (C=O) groups is 1. The number of carboxylic acid groups (broad SMARTS) is 1. The first-order valence-corrected chi connectivity index (χ1v) is 7.04. The van der Waals surface area contributed by atoms with Crippen LogP contribution in [0.4, 0.5) is 0 Å². The van der Waals surface area contributed by atoms with Crippen LogP contribution in [-0.4, -0.2) is 52.0 Å². The molecule has 3 N–H and O–H groups in total. The Labute approximate surface area is 159 Å². The van der Waals surface area contributed by atoms with Crippen molar-refractivity contribution >= 4 is 16.7 Å². The van der Waals surface area contributed by atoms with Crippen molar-refractivity contribution < 1.29 is 64.3 Å². The van der Waals surface area contributed by atoms with Gasteiger partial charge in [-0.15, -0.1) is 0 Å². The van der Waals surface area contributed by atoms with Gasteiger partial charge in [-0.1, -0.05) is 36.4 Å². The molecule has 1 aliphatic rings. The van der Waals surface area contributed by atoms with Crippen LogP contribution in [0, 0.1) is 0 Å². The quantitative estimate of drug-likeness (QED) is 0.484. The fourth-order valence-electron chi connectivity index (χ4n) is 2.56. The summed E-state index contributed by atoms with van der Waals surface area (Å²) in [4.78, 5) is 11.0. The Morgan fingerprint density at radius 1 is 1.00 bits per heavy atom. The van der Waals surface area contributed by atoms with Crippen molar-refractivity contribution in [3.05, 3.63) is 42.5 Å². The van der Waals surface area contributed by atoms with Crippen LogP contribution in [0.25, 0.3) is 10.8 Å². The zero-order chi connectivity index (χ0) is 16.6. The molecule has 0 amide bonds. The van der Waals surface area contributed by atoms with Crippen LogP contribution >= 0.6 is 0 Å². The third kappa shape index (κ3) is 3.57. The van der Waals surface area contributed by atoms with E-state index in [1.54, 1.807) is 24.3 Å². The van der Waals surface area contributed by atoms with E-state index >= 15 is 0 Å². The molecule has 5 atom stereocenters. The molecule has 0 aliphatic carbocycles. The Hall–Kier alpha value is -1.19. The summed E-state index contributed by atoms with van der Waals surface area (Å²) in [5.41, 5.74) is 0. The molecule has 2 aromatic rings. The Kier molecular flexibility index (Phi) is 6.22. The number of aliphatic hydroxyl groups is 3. The summed E-state index contributed by atoms with van der Waals surface area (Å²) >= 11 is 0. The van der Waals surface area contributed by atoms with Crippen LogP contribution in [0.15, 0.2) is 42.5 Å².